The molecular weight excluding hydrogens is 496 g/mol. The van der Waals surface area contributed by atoms with Gasteiger partial charge in [0.15, 0.2) is 17.9 Å². The Balaban J connectivity index is 1.71. The first kappa shape index (κ1) is 28.9. The molecule has 10 heteroatoms. The van der Waals surface area contributed by atoms with Gasteiger partial charge in [-0.05, 0) is 43.2 Å². The van der Waals surface area contributed by atoms with Crippen LogP contribution in [0.3, 0.4) is 0 Å². The summed E-state index contributed by atoms with van der Waals surface area (Å²) in [6.07, 6.45) is 0.541. The van der Waals surface area contributed by atoms with Gasteiger partial charge in [-0.1, -0.05) is 38.0 Å². The second-order valence-electron chi connectivity index (χ2n) is 9.76. The molecule has 0 amide bonds. The van der Waals surface area contributed by atoms with Crippen molar-refractivity contribution in [2.45, 2.75) is 88.3 Å². The van der Waals surface area contributed by atoms with Gasteiger partial charge in [0.25, 0.3) is 5.92 Å². The van der Waals surface area contributed by atoms with Crippen molar-refractivity contribution in [3.63, 3.8) is 0 Å². The number of allylic oxidation sites excluding steroid dienone is 1. The number of hydrogen-bond acceptors (Lipinski definition) is 2. The van der Waals surface area contributed by atoms with Crippen molar-refractivity contribution in [1.82, 2.24) is 0 Å². The largest absolute Gasteiger partial charge is 0.352 e. The van der Waals surface area contributed by atoms with E-state index in [1.807, 2.05) is 6.92 Å². The lowest BCUT2D eigenvalue weighted by Gasteiger charge is -2.44. The normalized spacial score (nSPS) is 27.1. The number of halogens is 8. The summed E-state index contributed by atoms with van der Waals surface area (Å²) >= 11 is 0. The van der Waals surface area contributed by atoms with Crippen LogP contribution >= 0.6 is 0 Å². The van der Waals surface area contributed by atoms with Crippen LogP contribution in [0.25, 0.3) is 0 Å². The van der Waals surface area contributed by atoms with Crippen molar-refractivity contribution < 1.29 is 44.6 Å². The second kappa shape index (κ2) is 11.4. The van der Waals surface area contributed by atoms with Gasteiger partial charge in [0.1, 0.15) is 0 Å². The molecule has 1 saturated heterocycles. The van der Waals surface area contributed by atoms with E-state index in [9.17, 15) is 26.3 Å². The van der Waals surface area contributed by atoms with Gasteiger partial charge in [-0.3, -0.25) is 0 Å². The van der Waals surface area contributed by atoms with Crippen LogP contribution in [-0.2, 0) is 15.9 Å². The summed E-state index contributed by atoms with van der Waals surface area (Å²) in [7, 11) is 0. The van der Waals surface area contributed by atoms with Crippen LogP contribution in [0.2, 0.25) is 0 Å². The van der Waals surface area contributed by atoms with E-state index in [4.69, 9.17) is 9.47 Å². The Labute approximate surface area is 206 Å². The minimum absolute atomic E-state index is 0.0262. The molecule has 2 aliphatic rings. The lowest BCUT2D eigenvalue weighted by Crippen LogP contribution is -2.57. The maximum absolute atomic E-state index is 15.0. The average Bonchev–Trinajstić information content (AvgIpc) is 2.82. The zero-order chi connectivity index (χ0) is 26.7. The predicted octanol–water partition coefficient (Wildman–Crippen LogP) is 8.05. The van der Waals surface area contributed by atoms with E-state index in [0.29, 0.717) is 6.42 Å². The molecule has 1 saturated carbocycles. The fraction of sp³-hybridized carbons (Fsp3) is 0.692. The number of ether oxygens (including phenoxy) is 2. The number of alkyl halides is 6. The summed E-state index contributed by atoms with van der Waals surface area (Å²) in [6.45, 7) is 4.04. The minimum Gasteiger partial charge on any atom is -0.352 e. The average molecular weight is 529 g/mol. The smallest absolute Gasteiger partial charge is 0.317 e. The molecule has 3 rings (SSSR count). The van der Waals surface area contributed by atoms with E-state index in [1.54, 1.807) is 0 Å². The Bertz CT molecular complexity index is 896. The van der Waals surface area contributed by atoms with Gasteiger partial charge in [-0.2, -0.15) is 17.6 Å². The SMILES string of the molecule is C=CCc1ccc(C2CCC(C(F)(F)C(F)(F)C3COC(CCCCC)OC3)CC2(F)F)c(F)c1F. The van der Waals surface area contributed by atoms with Crippen molar-refractivity contribution >= 4 is 0 Å². The Morgan fingerprint density at radius 2 is 1.61 bits per heavy atom. The highest BCUT2D eigenvalue weighted by atomic mass is 19.3. The van der Waals surface area contributed by atoms with Crippen LogP contribution in [0.1, 0.15) is 68.9 Å². The van der Waals surface area contributed by atoms with Crippen molar-refractivity contribution in [3.8, 4) is 0 Å². The second-order valence-corrected chi connectivity index (χ2v) is 9.76. The first-order chi connectivity index (χ1) is 16.9. The Hall–Kier alpha value is -1.68. The van der Waals surface area contributed by atoms with E-state index in [0.717, 1.165) is 31.4 Å². The quantitative estimate of drug-likeness (QED) is 0.174. The van der Waals surface area contributed by atoms with Crippen LogP contribution in [0, 0.1) is 23.5 Å². The third-order valence-electron chi connectivity index (χ3n) is 7.24. The van der Waals surface area contributed by atoms with E-state index < -0.39 is 91.5 Å². The number of benzene rings is 1. The maximum Gasteiger partial charge on any atom is 0.317 e. The van der Waals surface area contributed by atoms with Crippen LogP contribution in [0.5, 0.6) is 0 Å². The minimum atomic E-state index is -4.77. The van der Waals surface area contributed by atoms with Gasteiger partial charge in [0, 0.05) is 12.3 Å². The van der Waals surface area contributed by atoms with Gasteiger partial charge in [-0.25, -0.2) is 17.6 Å². The molecular formula is C26H32F8O2. The summed E-state index contributed by atoms with van der Waals surface area (Å²) in [4.78, 5) is 0. The zero-order valence-corrected chi connectivity index (χ0v) is 20.2. The first-order valence-electron chi connectivity index (χ1n) is 12.3. The molecule has 1 aliphatic heterocycles. The van der Waals surface area contributed by atoms with Crippen molar-refractivity contribution in [2.75, 3.05) is 13.2 Å². The summed E-state index contributed by atoms with van der Waals surface area (Å²) in [6, 6.07) is 2.13. The fourth-order valence-corrected chi connectivity index (χ4v) is 5.06. The Morgan fingerprint density at radius 1 is 0.972 bits per heavy atom. The standard InChI is InChI=1S/C26H32F8O2/c1-3-5-6-8-21-35-14-18(15-36-21)26(33,34)25(31,32)17-10-12-20(24(29,30)13-17)19-11-9-16(7-4-2)22(27)23(19)28/h4,9,11,17-18,20-21H,2-3,5-8,10,12-15H2,1H3. The van der Waals surface area contributed by atoms with Gasteiger partial charge < -0.3 is 9.47 Å². The summed E-state index contributed by atoms with van der Waals surface area (Å²) in [5, 5.41) is 0. The van der Waals surface area contributed by atoms with Crippen LogP contribution in [0.4, 0.5) is 35.1 Å². The Kier molecular flexibility index (Phi) is 9.13. The number of rotatable bonds is 10. The number of unbranched alkanes of at least 4 members (excludes halogenated alkanes) is 2. The molecule has 1 aromatic carbocycles. The van der Waals surface area contributed by atoms with E-state index in [1.165, 1.54) is 6.08 Å². The van der Waals surface area contributed by atoms with E-state index in [2.05, 4.69) is 6.58 Å². The zero-order valence-electron chi connectivity index (χ0n) is 20.2. The summed E-state index contributed by atoms with van der Waals surface area (Å²) < 4.78 is 129. The van der Waals surface area contributed by atoms with Gasteiger partial charge in [-0.15, -0.1) is 6.58 Å². The van der Waals surface area contributed by atoms with Gasteiger partial charge in [0.2, 0.25) is 0 Å². The molecule has 0 radical (unpaired) electrons. The molecule has 0 bridgehead atoms. The molecule has 2 fully saturated rings. The Morgan fingerprint density at radius 3 is 2.19 bits per heavy atom. The number of hydrogen-bond donors (Lipinski definition) is 0. The predicted molar refractivity (Wildman–Crippen MR) is 119 cm³/mol. The molecule has 2 unspecified atom stereocenters. The molecule has 0 aromatic heterocycles. The van der Waals surface area contributed by atoms with Crippen LogP contribution in [0.15, 0.2) is 24.8 Å². The third kappa shape index (κ3) is 5.74. The molecule has 204 valence electrons. The van der Waals surface area contributed by atoms with Crippen LogP contribution in [-0.4, -0.2) is 37.3 Å². The van der Waals surface area contributed by atoms with Crippen molar-refractivity contribution in [3.05, 3.63) is 47.5 Å². The lowest BCUT2D eigenvalue weighted by atomic mass is 9.71. The highest BCUT2D eigenvalue weighted by Gasteiger charge is 2.67. The van der Waals surface area contributed by atoms with Crippen LogP contribution < -0.4 is 0 Å². The summed E-state index contributed by atoms with van der Waals surface area (Å²) in [5.74, 6) is -22.4. The molecule has 0 N–H and O–H groups in total. The van der Waals surface area contributed by atoms with Crippen molar-refractivity contribution in [2.24, 2.45) is 11.8 Å². The maximum atomic E-state index is 15.0. The fourth-order valence-electron chi connectivity index (χ4n) is 5.06. The van der Waals surface area contributed by atoms with Gasteiger partial charge in [0.05, 0.1) is 25.0 Å². The molecule has 0 spiro atoms. The molecule has 36 heavy (non-hydrogen) atoms. The highest BCUT2D eigenvalue weighted by Crippen LogP contribution is 2.56. The molecule has 1 aromatic rings. The molecule has 2 nitrogen and oxygen atoms in total. The third-order valence-corrected chi connectivity index (χ3v) is 7.24. The topological polar surface area (TPSA) is 18.5 Å². The van der Waals surface area contributed by atoms with Crippen molar-refractivity contribution in [1.29, 1.82) is 0 Å². The monoisotopic (exact) mass is 528 g/mol. The first-order valence-corrected chi connectivity index (χ1v) is 12.3. The summed E-state index contributed by atoms with van der Waals surface area (Å²) in [5.41, 5.74) is -0.735. The lowest BCUT2D eigenvalue weighted by molar-refractivity contribution is -0.313. The van der Waals surface area contributed by atoms with E-state index in [-0.39, 0.29) is 12.0 Å². The molecule has 1 aliphatic carbocycles. The molecule has 2 atom stereocenters. The van der Waals surface area contributed by atoms with Gasteiger partial charge >= 0.3 is 11.8 Å². The molecule has 1 heterocycles. The van der Waals surface area contributed by atoms with E-state index >= 15 is 8.78 Å². The highest BCUT2D eigenvalue weighted by molar-refractivity contribution is 5.32.